The van der Waals surface area contributed by atoms with Crippen LogP contribution in [0.1, 0.15) is 6.42 Å². The summed E-state index contributed by atoms with van der Waals surface area (Å²) in [4.78, 5) is 27.1. The van der Waals surface area contributed by atoms with E-state index in [1.54, 1.807) is 24.3 Å². The van der Waals surface area contributed by atoms with Crippen LogP contribution in [0.25, 0.3) is 0 Å². The number of nitrogens with zero attached hydrogens (tertiary/aromatic N) is 5. The summed E-state index contributed by atoms with van der Waals surface area (Å²) in [5, 5.41) is 2.98. The molecule has 2 amide bonds. The van der Waals surface area contributed by atoms with Crippen LogP contribution >= 0.6 is 0 Å². The van der Waals surface area contributed by atoms with Crippen LogP contribution in [0.15, 0.2) is 48.8 Å². The molecule has 1 aromatic carbocycles. The molecule has 0 atom stereocenters. The highest BCUT2D eigenvalue weighted by Gasteiger charge is 2.18. The minimum atomic E-state index is -0.0623. The molecule has 1 aliphatic rings. The monoisotopic (exact) mass is 398 g/mol. The van der Waals surface area contributed by atoms with Crippen molar-refractivity contribution in [1.82, 2.24) is 25.1 Å². The number of carbonyl (C=O) groups excluding carboxylic acids is 1. The van der Waals surface area contributed by atoms with Crippen molar-refractivity contribution < 1.29 is 9.53 Å². The molecule has 0 saturated carbocycles. The van der Waals surface area contributed by atoms with Gasteiger partial charge in [-0.2, -0.15) is 0 Å². The molecule has 156 valence electrons. The van der Waals surface area contributed by atoms with Gasteiger partial charge in [-0.1, -0.05) is 18.2 Å². The molecule has 1 N–H and O–H groups in total. The Morgan fingerprint density at radius 3 is 2.55 bits per heavy atom. The van der Waals surface area contributed by atoms with E-state index in [0.717, 1.165) is 50.8 Å². The zero-order valence-corrected chi connectivity index (χ0v) is 17.0. The van der Waals surface area contributed by atoms with Gasteiger partial charge in [-0.25, -0.2) is 14.8 Å². The first kappa shape index (κ1) is 20.9. The molecule has 2 heterocycles. The summed E-state index contributed by atoms with van der Waals surface area (Å²) in [6.07, 6.45) is 4.49. The third-order valence-electron chi connectivity index (χ3n) is 4.92. The number of rotatable bonds is 9. The van der Waals surface area contributed by atoms with E-state index in [1.165, 1.54) is 0 Å². The van der Waals surface area contributed by atoms with Crippen LogP contribution in [-0.2, 0) is 0 Å². The SMILES string of the molecule is CN(CCOc1ccccc1)C(=O)NCCCN1CCN(c2ncccn2)CC1. The van der Waals surface area contributed by atoms with Crippen molar-refractivity contribution in [1.29, 1.82) is 0 Å². The molecule has 1 saturated heterocycles. The van der Waals surface area contributed by atoms with Gasteiger partial charge in [-0.15, -0.1) is 0 Å². The average molecular weight is 399 g/mol. The number of hydrogen-bond donors (Lipinski definition) is 1. The van der Waals surface area contributed by atoms with Crippen molar-refractivity contribution in [3.63, 3.8) is 0 Å². The first-order valence-electron chi connectivity index (χ1n) is 10.1. The second-order valence-corrected chi connectivity index (χ2v) is 7.05. The third-order valence-corrected chi connectivity index (χ3v) is 4.92. The number of amides is 2. The lowest BCUT2D eigenvalue weighted by Crippen LogP contribution is -2.47. The molecule has 2 aromatic rings. The fourth-order valence-electron chi connectivity index (χ4n) is 3.18. The molecular formula is C21H30N6O2. The van der Waals surface area contributed by atoms with E-state index in [0.29, 0.717) is 19.7 Å². The lowest BCUT2D eigenvalue weighted by Gasteiger charge is -2.34. The van der Waals surface area contributed by atoms with E-state index in [9.17, 15) is 4.79 Å². The molecule has 29 heavy (non-hydrogen) atoms. The maximum Gasteiger partial charge on any atom is 0.317 e. The van der Waals surface area contributed by atoms with Crippen molar-refractivity contribution in [2.24, 2.45) is 0 Å². The van der Waals surface area contributed by atoms with Gasteiger partial charge in [0.25, 0.3) is 0 Å². The second-order valence-electron chi connectivity index (χ2n) is 7.05. The zero-order chi connectivity index (χ0) is 20.3. The predicted octanol–water partition coefficient (Wildman–Crippen LogP) is 1.71. The van der Waals surface area contributed by atoms with Gasteiger partial charge in [-0.05, 0) is 31.2 Å². The summed E-state index contributed by atoms with van der Waals surface area (Å²) < 4.78 is 5.63. The fraction of sp³-hybridized carbons (Fsp3) is 0.476. The Labute approximate surface area is 172 Å². The van der Waals surface area contributed by atoms with E-state index in [1.807, 2.05) is 36.4 Å². The summed E-state index contributed by atoms with van der Waals surface area (Å²) in [6, 6.07) is 11.4. The van der Waals surface area contributed by atoms with Crippen molar-refractivity contribution >= 4 is 12.0 Å². The van der Waals surface area contributed by atoms with Gasteiger partial charge in [-0.3, -0.25) is 4.90 Å². The number of urea groups is 1. The maximum absolute atomic E-state index is 12.2. The number of ether oxygens (including phenoxy) is 1. The van der Waals surface area contributed by atoms with Gasteiger partial charge >= 0.3 is 6.03 Å². The number of para-hydroxylation sites is 1. The highest BCUT2D eigenvalue weighted by Crippen LogP contribution is 2.10. The first-order valence-corrected chi connectivity index (χ1v) is 10.1. The second kappa shape index (κ2) is 11.2. The Morgan fingerprint density at radius 1 is 1.10 bits per heavy atom. The van der Waals surface area contributed by atoms with Crippen molar-refractivity contribution in [3.05, 3.63) is 48.8 Å². The normalized spacial score (nSPS) is 14.4. The van der Waals surface area contributed by atoms with Crippen molar-refractivity contribution in [2.45, 2.75) is 6.42 Å². The molecule has 0 spiro atoms. The molecule has 0 radical (unpaired) electrons. The Kier molecular flexibility index (Phi) is 8.06. The number of benzene rings is 1. The van der Waals surface area contributed by atoms with E-state index in [2.05, 4.69) is 25.1 Å². The number of likely N-dealkylation sites (N-methyl/N-ethyl adjacent to an activating group) is 1. The number of carbonyl (C=O) groups is 1. The highest BCUT2D eigenvalue weighted by molar-refractivity contribution is 5.73. The Bertz CT molecular complexity index is 722. The van der Waals surface area contributed by atoms with E-state index < -0.39 is 0 Å². The van der Waals surface area contributed by atoms with Crippen LogP contribution in [-0.4, -0.2) is 85.3 Å². The number of nitrogens with one attached hydrogen (secondary N) is 1. The Hall–Kier alpha value is -2.87. The predicted molar refractivity (Wildman–Crippen MR) is 113 cm³/mol. The van der Waals surface area contributed by atoms with Gasteiger partial charge in [0.05, 0.1) is 6.54 Å². The van der Waals surface area contributed by atoms with Gasteiger partial charge < -0.3 is 19.9 Å². The van der Waals surface area contributed by atoms with Crippen LogP contribution in [0.2, 0.25) is 0 Å². The number of aromatic nitrogens is 2. The van der Waals surface area contributed by atoms with Crippen LogP contribution in [0.3, 0.4) is 0 Å². The Balaban J connectivity index is 1.24. The summed E-state index contributed by atoms with van der Waals surface area (Å²) in [6.45, 7) is 6.51. The molecular weight excluding hydrogens is 368 g/mol. The molecule has 0 unspecified atom stereocenters. The molecule has 3 rings (SSSR count). The summed E-state index contributed by atoms with van der Waals surface area (Å²) in [7, 11) is 1.79. The lowest BCUT2D eigenvalue weighted by atomic mass is 10.3. The van der Waals surface area contributed by atoms with E-state index >= 15 is 0 Å². The molecule has 1 aliphatic heterocycles. The van der Waals surface area contributed by atoms with Gasteiger partial charge in [0.15, 0.2) is 0 Å². The van der Waals surface area contributed by atoms with Gasteiger partial charge in [0.2, 0.25) is 5.95 Å². The molecule has 1 aromatic heterocycles. The molecule has 0 aliphatic carbocycles. The summed E-state index contributed by atoms with van der Waals surface area (Å²) in [5.74, 6) is 1.62. The first-order chi connectivity index (χ1) is 14.2. The van der Waals surface area contributed by atoms with Crippen LogP contribution in [0, 0.1) is 0 Å². The highest BCUT2D eigenvalue weighted by atomic mass is 16.5. The van der Waals surface area contributed by atoms with Crippen LogP contribution in [0.4, 0.5) is 10.7 Å². The van der Waals surface area contributed by atoms with Crippen LogP contribution in [0.5, 0.6) is 5.75 Å². The topological polar surface area (TPSA) is 73.8 Å². The smallest absolute Gasteiger partial charge is 0.317 e. The van der Waals surface area contributed by atoms with Gasteiger partial charge in [0.1, 0.15) is 12.4 Å². The quantitative estimate of drug-likeness (QED) is 0.649. The number of anilines is 1. The zero-order valence-electron chi connectivity index (χ0n) is 17.0. The number of piperazine rings is 1. The fourth-order valence-corrected chi connectivity index (χ4v) is 3.18. The van der Waals surface area contributed by atoms with Gasteiger partial charge in [0, 0.05) is 52.2 Å². The largest absolute Gasteiger partial charge is 0.492 e. The lowest BCUT2D eigenvalue weighted by molar-refractivity contribution is 0.194. The van der Waals surface area contributed by atoms with E-state index in [-0.39, 0.29) is 6.03 Å². The number of hydrogen-bond acceptors (Lipinski definition) is 6. The minimum absolute atomic E-state index is 0.0623. The third kappa shape index (κ3) is 6.90. The Morgan fingerprint density at radius 2 is 1.83 bits per heavy atom. The average Bonchev–Trinajstić information content (AvgIpc) is 2.78. The summed E-state index contributed by atoms with van der Waals surface area (Å²) >= 11 is 0. The minimum Gasteiger partial charge on any atom is -0.492 e. The molecule has 8 heteroatoms. The molecule has 1 fully saturated rings. The standard InChI is InChI=1S/C21H30N6O2/c1-25(17-18-29-19-7-3-2-4-8-19)21(28)24-11-6-12-26-13-15-27(16-14-26)20-22-9-5-10-23-20/h2-5,7-10H,6,11-18H2,1H3,(H,24,28). The summed E-state index contributed by atoms with van der Waals surface area (Å²) in [5.41, 5.74) is 0. The van der Waals surface area contributed by atoms with Crippen molar-refractivity contribution in [2.75, 3.05) is 64.4 Å². The molecule has 8 nitrogen and oxygen atoms in total. The van der Waals surface area contributed by atoms with E-state index in [4.69, 9.17) is 4.74 Å². The maximum atomic E-state index is 12.2. The van der Waals surface area contributed by atoms with Crippen LogP contribution < -0.4 is 15.0 Å². The van der Waals surface area contributed by atoms with Crippen molar-refractivity contribution in [3.8, 4) is 5.75 Å². The molecule has 0 bridgehead atoms.